The molecule has 1 heterocycles. The van der Waals surface area contributed by atoms with Crippen molar-refractivity contribution in [1.82, 2.24) is 5.32 Å². The molecule has 3 rings (SSSR count). The van der Waals surface area contributed by atoms with Gasteiger partial charge in [0.05, 0.1) is 12.7 Å². The predicted octanol–water partition coefficient (Wildman–Crippen LogP) is 3.53. The van der Waals surface area contributed by atoms with Crippen LogP contribution in [0.3, 0.4) is 0 Å². The Kier molecular flexibility index (Phi) is 6.09. The first-order valence-corrected chi connectivity index (χ1v) is 9.32. The van der Waals surface area contributed by atoms with E-state index in [2.05, 4.69) is 5.32 Å². The summed E-state index contributed by atoms with van der Waals surface area (Å²) < 4.78 is 11.9. The van der Waals surface area contributed by atoms with E-state index >= 15 is 0 Å². The molecular formula is C20H21NO4S. The van der Waals surface area contributed by atoms with Gasteiger partial charge in [0, 0.05) is 16.8 Å². The lowest BCUT2D eigenvalue weighted by atomic mass is 10.1. The molecule has 3 aromatic rings. The quantitative estimate of drug-likeness (QED) is 0.636. The second kappa shape index (κ2) is 8.69. The van der Waals surface area contributed by atoms with E-state index < -0.39 is 6.10 Å². The SMILES string of the molecule is CCOc1ccc(OCC(=O)NCC(O)c2csc3ccccc23)cc1. The van der Waals surface area contributed by atoms with Crippen molar-refractivity contribution >= 4 is 27.3 Å². The number of carbonyl (C=O) groups excluding carboxylic acids is 1. The Bertz CT molecular complexity index is 860. The van der Waals surface area contributed by atoms with Crippen molar-refractivity contribution in [2.75, 3.05) is 19.8 Å². The summed E-state index contributed by atoms with van der Waals surface area (Å²) >= 11 is 1.58. The topological polar surface area (TPSA) is 67.8 Å². The number of ether oxygens (including phenoxy) is 2. The zero-order chi connectivity index (χ0) is 18.4. The largest absolute Gasteiger partial charge is 0.494 e. The van der Waals surface area contributed by atoms with Gasteiger partial charge in [0.15, 0.2) is 6.61 Å². The lowest BCUT2D eigenvalue weighted by Crippen LogP contribution is -2.32. The maximum atomic E-state index is 12.0. The number of amides is 1. The molecule has 0 aliphatic carbocycles. The number of benzene rings is 2. The van der Waals surface area contributed by atoms with Crippen LogP contribution in [-0.4, -0.2) is 30.8 Å². The molecule has 0 radical (unpaired) electrons. The van der Waals surface area contributed by atoms with Crippen molar-refractivity contribution in [3.8, 4) is 11.5 Å². The molecule has 2 aromatic carbocycles. The Morgan fingerprint density at radius 3 is 2.54 bits per heavy atom. The van der Waals surface area contributed by atoms with E-state index in [0.29, 0.717) is 12.4 Å². The van der Waals surface area contributed by atoms with Gasteiger partial charge in [-0.15, -0.1) is 11.3 Å². The minimum absolute atomic E-state index is 0.106. The van der Waals surface area contributed by atoms with E-state index in [-0.39, 0.29) is 19.1 Å². The molecule has 136 valence electrons. The van der Waals surface area contributed by atoms with Gasteiger partial charge < -0.3 is 19.9 Å². The highest BCUT2D eigenvalue weighted by molar-refractivity contribution is 7.17. The molecule has 0 bridgehead atoms. The van der Waals surface area contributed by atoms with Crippen LogP contribution >= 0.6 is 11.3 Å². The normalized spacial score (nSPS) is 11.9. The van der Waals surface area contributed by atoms with Gasteiger partial charge in [-0.1, -0.05) is 18.2 Å². The Morgan fingerprint density at radius 1 is 1.12 bits per heavy atom. The van der Waals surface area contributed by atoms with Crippen molar-refractivity contribution < 1.29 is 19.4 Å². The number of hydrogen-bond donors (Lipinski definition) is 2. The van der Waals surface area contributed by atoms with E-state index in [1.54, 1.807) is 35.6 Å². The molecule has 1 atom stereocenters. The summed E-state index contributed by atoms with van der Waals surface area (Å²) in [6, 6.07) is 15.0. The minimum Gasteiger partial charge on any atom is -0.494 e. The number of fused-ring (bicyclic) bond motifs is 1. The average molecular weight is 371 g/mol. The number of rotatable bonds is 8. The summed E-state index contributed by atoms with van der Waals surface area (Å²) in [7, 11) is 0. The highest BCUT2D eigenvalue weighted by Gasteiger charge is 2.14. The number of carbonyl (C=O) groups is 1. The summed E-state index contributed by atoms with van der Waals surface area (Å²) in [6.07, 6.45) is -0.749. The molecule has 0 aliphatic rings. The van der Waals surface area contributed by atoms with E-state index in [4.69, 9.17) is 9.47 Å². The van der Waals surface area contributed by atoms with E-state index in [1.807, 2.05) is 36.6 Å². The summed E-state index contributed by atoms with van der Waals surface area (Å²) in [5, 5.41) is 16.0. The third-order valence-electron chi connectivity index (χ3n) is 3.87. The van der Waals surface area contributed by atoms with E-state index in [0.717, 1.165) is 21.4 Å². The Labute approximate surface area is 156 Å². The molecule has 2 N–H and O–H groups in total. The second-order valence-electron chi connectivity index (χ2n) is 5.70. The van der Waals surface area contributed by atoms with Crippen LogP contribution in [0, 0.1) is 0 Å². The first-order chi connectivity index (χ1) is 12.7. The van der Waals surface area contributed by atoms with E-state index in [9.17, 15) is 9.90 Å². The van der Waals surface area contributed by atoms with Crippen molar-refractivity contribution in [1.29, 1.82) is 0 Å². The number of aliphatic hydroxyl groups excluding tert-OH is 1. The fourth-order valence-corrected chi connectivity index (χ4v) is 3.58. The van der Waals surface area contributed by atoms with Crippen LogP contribution in [-0.2, 0) is 4.79 Å². The van der Waals surface area contributed by atoms with Crippen molar-refractivity contribution in [3.05, 3.63) is 59.5 Å². The first kappa shape index (κ1) is 18.2. The molecule has 0 saturated heterocycles. The van der Waals surface area contributed by atoms with Crippen molar-refractivity contribution in [3.63, 3.8) is 0 Å². The van der Waals surface area contributed by atoms with Gasteiger partial charge in [-0.25, -0.2) is 0 Å². The number of thiophene rings is 1. The Balaban J connectivity index is 1.47. The molecule has 1 aromatic heterocycles. The van der Waals surface area contributed by atoms with Crippen LogP contribution < -0.4 is 14.8 Å². The summed E-state index contributed by atoms with van der Waals surface area (Å²) in [5.41, 5.74) is 0.832. The average Bonchev–Trinajstić information content (AvgIpc) is 3.10. The highest BCUT2D eigenvalue weighted by atomic mass is 32.1. The fraction of sp³-hybridized carbons (Fsp3) is 0.250. The summed E-state index contributed by atoms with van der Waals surface area (Å²) in [6.45, 7) is 2.56. The molecule has 0 fully saturated rings. The molecule has 0 aliphatic heterocycles. The molecular weight excluding hydrogens is 350 g/mol. The molecule has 5 nitrogen and oxygen atoms in total. The fourth-order valence-electron chi connectivity index (χ4n) is 2.58. The Morgan fingerprint density at radius 2 is 1.81 bits per heavy atom. The van der Waals surface area contributed by atoms with Gasteiger partial charge >= 0.3 is 0 Å². The van der Waals surface area contributed by atoms with Crippen molar-refractivity contribution in [2.24, 2.45) is 0 Å². The highest BCUT2D eigenvalue weighted by Crippen LogP contribution is 2.29. The molecule has 1 unspecified atom stereocenters. The molecule has 1 amide bonds. The number of aliphatic hydroxyl groups is 1. The molecule has 0 saturated carbocycles. The summed E-state index contributed by atoms with van der Waals surface area (Å²) in [4.78, 5) is 12.0. The third kappa shape index (κ3) is 4.53. The second-order valence-corrected chi connectivity index (χ2v) is 6.61. The minimum atomic E-state index is -0.749. The molecule has 26 heavy (non-hydrogen) atoms. The lowest BCUT2D eigenvalue weighted by Gasteiger charge is -2.12. The molecule has 6 heteroatoms. The van der Waals surface area contributed by atoms with Gasteiger partial charge in [-0.3, -0.25) is 4.79 Å². The van der Waals surface area contributed by atoms with Gasteiger partial charge in [0.1, 0.15) is 11.5 Å². The van der Waals surface area contributed by atoms with Gasteiger partial charge in [-0.05, 0) is 48.0 Å². The maximum absolute atomic E-state index is 12.0. The van der Waals surface area contributed by atoms with Crippen LogP contribution in [0.2, 0.25) is 0 Å². The summed E-state index contributed by atoms with van der Waals surface area (Å²) in [5.74, 6) is 1.07. The lowest BCUT2D eigenvalue weighted by molar-refractivity contribution is -0.123. The Hall–Kier alpha value is -2.57. The van der Waals surface area contributed by atoms with Gasteiger partial charge in [-0.2, -0.15) is 0 Å². The number of hydrogen-bond acceptors (Lipinski definition) is 5. The number of nitrogens with one attached hydrogen (secondary N) is 1. The van der Waals surface area contributed by atoms with Gasteiger partial charge in [0.2, 0.25) is 0 Å². The van der Waals surface area contributed by atoms with Gasteiger partial charge in [0.25, 0.3) is 5.91 Å². The standard InChI is InChI=1S/C20H21NO4S/c1-2-24-14-7-9-15(10-8-14)25-12-20(23)21-11-18(22)17-13-26-19-6-4-3-5-16(17)19/h3-10,13,18,22H,2,11-12H2,1H3,(H,21,23). The zero-order valence-electron chi connectivity index (χ0n) is 14.5. The molecule has 0 spiro atoms. The zero-order valence-corrected chi connectivity index (χ0v) is 15.3. The van der Waals surface area contributed by atoms with Crippen LogP contribution in [0.25, 0.3) is 10.1 Å². The van der Waals surface area contributed by atoms with E-state index in [1.165, 1.54) is 0 Å². The van der Waals surface area contributed by atoms with Crippen LogP contribution in [0.5, 0.6) is 11.5 Å². The van der Waals surface area contributed by atoms with Crippen LogP contribution in [0.1, 0.15) is 18.6 Å². The monoisotopic (exact) mass is 371 g/mol. The smallest absolute Gasteiger partial charge is 0.258 e. The predicted molar refractivity (Wildman–Crippen MR) is 103 cm³/mol. The van der Waals surface area contributed by atoms with Crippen LogP contribution in [0.15, 0.2) is 53.9 Å². The third-order valence-corrected chi connectivity index (χ3v) is 4.85. The maximum Gasteiger partial charge on any atom is 0.258 e. The van der Waals surface area contributed by atoms with Crippen molar-refractivity contribution in [2.45, 2.75) is 13.0 Å². The first-order valence-electron chi connectivity index (χ1n) is 8.44. The van der Waals surface area contributed by atoms with Crippen LogP contribution in [0.4, 0.5) is 0 Å².